The van der Waals surface area contributed by atoms with E-state index in [-0.39, 0.29) is 17.9 Å². The topological polar surface area (TPSA) is 58.2 Å². The molecule has 0 radical (unpaired) electrons. The second-order valence-corrected chi connectivity index (χ2v) is 8.25. The molecule has 2 N–H and O–H groups in total. The van der Waals surface area contributed by atoms with Crippen molar-refractivity contribution < 1.29 is 9.59 Å². The first-order chi connectivity index (χ1) is 12.0. The molecule has 1 saturated carbocycles. The standard InChI is InChI=1S/C20H30N2O2S/c1-4-15(3)22-19(23)11-12-21-20(24)17-13-14(2)9-10-18(17)25-16-7-5-6-8-16/h9-10,13,15-16H,4-8,11-12H2,1-3H3,(H,21,24)(H,22,23)/t15-/m1/s1. The third-order valence-electron chi connectivity index (χ3n) is 4.63. The van der Waals surface area contributed by atoms with E-state index in [2.05, 4.69) is 22.8 Å². The Balaban J connectivity index is 1.91. The predicted molar refractivity (Wildman–Crippen MR) is 104 cm³/mol. The first kappa shape index (κ1) is 19.8. The van der Waals surface area contributed by atoms with Gasteiger partial charge in [-0.3, -0.25) is 9.59 Å². The van der Waals surface area contributed by atoms with Crippen molar-refractivity contribution in [1.29, 1.82) is 0 Å². The number of rotatable bonds is 8. The normalized spacial score (nSPS) is 15.8. The maximum absolute atomic E-state index is 12.6. The monoisotopic (exact) mass is 362 g/mol. The van der Waals surface area contributed by atoms with Crippen molar-refractivity contribution in [2.45, 2.75) is 75.5 Å². The second-order valence-electron chi connectivity index (χ2n) is 6.91. The number of aryl methyl sites for hydroxylation is 1. The van der Waals surface area contributed by atoms with E-state index >= 15 is 0 Å². The lowest BCUT2D eigenvalue weighted by molar-refractivity contribution is -0.121. The van der Waals surface area contributed by atoms with Gasteiger partial charge >= 0.3 is 0 Å². The molecular formula is C20H30N2O2S. The van der Waals surface area contributed by atoms with Crippen LogP contribution < -0.4 is 10.6 Å². The van der Waals surface area contributed by atoms with Gasteiger partial charge < -0.3 is 10.6 Å². The van der Waals surface area contributed by atoms with Crippen LogP contribution in [0.15, 0.2) is 23.1 Å². The summed E-state index contributed by atoms with van der Waals surface area (Å²) in [6.45, 7) is 6.38. The van der Waals surface area contributed by atoms with E-state index < -0.39 is 0 Å². The summed E-state index contributed by atoms with van der Waals surface area (Å²) in [5.74, 6) is -0.0972. The number of nitrogens with one attached hydrogen (secondary N) is 2. The molecule has 0 spiro atoms. The Morgan fingerprint density at radius 3 is 2.68 bits per heavy atom. The Hall–Kier alpha value is -1.49. The first-order valence-corrected chi connectivity index (χ1v) is 10.2. The summed E-state index contributed by atoms with van der Waals surface area (Å²) in [5.41, 5.74) is 1.81. The van der Waals surface area contributed by atoms with Gasteiger partial charge in [0, 0.05) is 29.2 Å². The molecule has 1 fully saturated rings. The molecule has 2 amide bonds. The molecule has 0 aromatic heterocycles. The number of carbonyl (C=O) groups excluding carboxylic acids is 2. The van der Waals surface area contributed by atoms with E-state index in [1.165, 1.54) is 25.7 Å². The zero-order valence-electron chi connectivity index (χ0n) is 15.6. The van der Waals surface area contributed by atoms with Gasteiger partial charge in [-0.2, -0.15) is 0 Å². The Labute approximate surface area is 155 Å². The van der Waals surface area contributed by atoms with Gasteiger partial charge in [-0.1, -0.05) is 31.4 Å². The lowest BCUT2D eigenvalue weighted by Crippen LogP contribution is -2.35. The van der Waals surface area contributed by atoms with E-state index in [0.29, 0.717) is 18.2 Å². The van der Waals surface area contributed by atoms with Gasteiger partial charge in [-0.05, 0) is 45.2 Å². The van der Waals surface area contributed by atoms with E-state index in [4.69, 9.17) is 0 Å². The third-order valence-corrected chi connectivity index (χ3v) is 6.05. The SMILES string of the molecule is CC[C@@H](C)NC(=O)CCNC(=O)c1cc(C)ccc1SC1CCCC1. The minimum atomic E-state index is -0.0828. The Morgan fingerprint density at radius 1 is 1.28 bits per heavy atom. The largest absolute Gasteiger partial charge is 0.354 e. The second kappa shape index (κ2) is 9.85. The summed E-state index contributed by atoms with van der Waals surface area (Å²) >= 11 is 1.83. The molecule has 4 nitrogen and oxygen atoms in total. The fourth-order valence-corrected chi connectivity index (χ4v) is 4.30. The third kappa shape index (κ3) is 6.38. The summed E-state index contributed by atoms with van der Waals surface area (Å²) in [5, 5.41) is 6.44. The van der Waals surface area contributed by atoms with Crippen molar-refractivity contribution in [3.63, 3.8) is 0 Å². The van der Waals surface area contributed by atoms with Crippen molar-refractivity contribution >= 4 is 23.6 Å². The first-order valence-electron chi connectivity index (χ1n) is 9.34. The van der Waals surface area contributed by atoms with Gasteiger partial charge in [0.15, 0.2) is 0 Å². The molecule has 0 aliphatic heterocycles. The van der Waals surface area contributed by atoms with Gasteiger partial charge in [0.25, 0.3) is 5.91 Å². The molecule has 0 heterocycles. The van der Waals surface area contributed by atoms with Crippen LogP contribution in [0.3, 0.4) is 0 Å². The van der Waals surface area contributed by atoms with Gasteiger partial charge in [-0.25, -0.2) is 0 Å². The Kier molecular flexibility index (Phi) is 7.82. The van der Waals surface area contributed by atoms with E-state index in [1.807, 2.05) is 38.6 Å². The zero-order chi connectivity index (χ0) is 18.2. The molecule has 1 aliphatic carbocycles. The van der Waals surface area contributed by atoms with Crippen LogP contribution in [0.5, 0.6) is 0 Å². The van der Waals surface area contributed by atoms with Crippen molar-refractivity contribution in [2.75, 3.05) is 6.54 Å². The van der Waals surface area contributed by atoms with Crippen LogP contribution in [0, 0.1) is 6.92 Å². The van der Waals surface area contributed by atoms with Gasteiger partial charge in [-0.15, -0.1) is 11.8 Å². The van der Waals surface area contributed by atoms with Crippen molar-refractivity contribution in [2.24, 2.45) is 0 Å². The fourth-order valence-electron chi connectivity index (χ4n) is 2.94. The molecule has 2 rings (SSSR count). The summed E-state index contributed by atoms with van der Waals surface area (Å²) < 4.78 is 0. The fraction of sp³-hybridized carbons (Fsp3) is 0.600. The maximum atomic E-state index is 12.6. The Morgan fingerprint density at radius 2 is 2.00 bits per heavy atom. The molecule has 5 heteroatoms. The lowest BCUT2D eigenvalue weighted by Gasteiger charge is -2.15. The predicted octanol–water partition coefficient (Wildman–Crippen LogP) is 4.06. The molecule has 1 aromatic rings. The van der Waals surface area contributed by atoms with E-state index in [1.54, 1.807) is 0 Å². The summed E-state index contributed by atoms with van der Waals surface area (Å²) in [4.78, 5) is 25.5. The molecule has 1 atom stereocenters. The van der Waals surface area contributed by atoms with Crippen LogP contribution >= 0.6 is 11.8 Å². The number of hydrogen-bond acceptors (Lipinski definition) is 3. The van der Waals surface area contributed by atoms with Gasteiger partial charge in [0.2, 0.25) is 5.91 Å². The highest BCUT2D eigenvalue weighted by Crippen LogP contribution is 2.36. The summed E-state index contributed by atoms with van der Waals surface area (Å²) in [6.07, 6.45) is 6.26. The molecule has 0 saturated heterocycles. The molecule has 0 bridgehead atoms. The minimum absolute atomic E-state index is 0.0144. The average molecular weight is 363 g/mol. The summed E-state index contributed by atoms with van der Waals surface area (Å²) in [7, 11) is 0. The van der Waals surface area contributed by atoms with Crippen molar-refractivity contribution in [3.8, 4) is 0 Å². The Bertz CT molecular complexity index is 597. The van der Waals surface area contributed by atoms with Crippen LogP contribution in [0.2, 0.25) is 0 Å². The maximum Gasteiger partial charge on any atom is 0.252 e. The van der Waals surface area contributed by atoms with Crippen LogP contribution in [0.4, 0.5) is 0 Å². The summed E-state index contributed by atoms with van der Waals surface area (Å²) in [6, 6.07) is 6.25. The molecule has 138 valence electrons. The lowest BCUT2D eigenvalue weighted by atomic mass is 10.1. The van der Waals surface area contributed by atoms with E-state index in [0.717, 1.165) is 22.4 Å². The van der Waals surface area contributed by atoms with E-state index in [9.17, 15) is 9.59 Å². The number of benzene rings is 1. The van der Waals surface area contributed by atoms with Crippen LogP contribution in [0.1, 0.15) is 68.3 Å². The molecular weight excluding hydrogens is 332 g/mol. The zero-order valence-corrected chi connectivity index (χ0v) is 16.4. The van der Waals surface area contributed by atoms with Crippen LogP contribution in [0.25, 0.3) is 0 Å². The van der Waals surface area contributed by atoms with Gasteiger partial charge in [0.1, 0.15) is 0 Å². The highest BCUT2D eigenvalue weighted by atomic mass is 32.2. The number of carbonyl (C=O) groups is 2. The smallest absolute Gasteiger partial charge is 0.252 e. The van der Waals surface area contributed by atoms with Crippen LogP contribution in [-0.2, 0) is 4.79 Å². The quantitative estimate of drug-likeness (QED) is 0.733. The molecule has 1 aromatic carbocycles. The minimum Gasteiger partial charge on any atom is -0.354 e. The highest BCUT2D eigenvalue weighted by Gasteiger charge is 2.20. The molecule has 0 unspecified atom stereocenters. The average Bonchev–Trinajstić information content (AvgIpc) is 3.09. The van der Waals surface area contributed by atoms with Gasteiger partial charge in [0.05, 0.1) is 5.56 Å². The van der Waals surface area contributed by atoms with Crippen LogP contribution in [-0.4, -0.2) is 29.7 Å². The number of thioether (sulfide) groups is 1. The number of amides is 2. The molecule has 1 aliphatic rings. The van der Waals surface area contributed by atoms with Crippen molar-refractivity contribution in [3.05, 3.63) is 29.3 Å². The molecule has 25 heavy (non-hydrogen) atoms. The number of hydrogen-bond donors (Lipinski definition) is 2. The van der Waals surface area contributed by atoms with Crippen molar-refractivity contribution in [1.82, 2.24) is 10.6 Å². The highest BCUT2D eigenvalue weighted by molar-refractivity contribution is 8.00.